The highest BCUT2D eigenvalue weighted by Crippen LogP contribution is 2.15. The number of carbonyl (C=O) groups is 2. The SMILES string of the molecule is CCCC(n1cc(C(=O)O)nn1)n1cc(C(=O)O)nn1. The Morgan fingerprint density at radius 1 is 1.10 bits per heavy atom. The highest BCUT2D eigenvalue weighted by atomic mass is 16.4. The monoisotopic (exact) mass is 280 g/mol. The van der Waals surface area contributed by atoms with Crippen LogP contribution in [0.4, 0.5) is 0 Å². The molecule has 0 aromatic carbocycles. The van der Waals surface area contributed by atoms with Crippen molar-refractivity contribution in [3.8, 4) is 0 Å². The molecule has 2 aromatic rings. The Morgan fingerprint density at radius 2 is 1.55 bits per heavy atom. The number of rotatable bonds is 6. The van der Waals surface area contributed by atoms with Crippen molar-refractivity contribution in [3.63, 3.8) is 0 Å². The molecule has 0 fully saturated rings. The smallest absolute Gasteiger partial charge is 0.358 e. The number of aromatic carboxylic acids is 2. The molecule has 10 nitrogen and oxygen atoms in total. The third kappa shape index (κ3) is 2.63. The number of carboxylic acids is 2. The zero-order valence-electron chi connectivity index (χ0n) is 10.5. The summed E-state index contributed by atoms with van der Waals surface area (Å²) >= 11 is 0. The molecule has 0 bridgehead atoms. The van der Waals surface area contributed by atoms with Crippen LogP contribution in [0.3, 0.4) is 0 Å². The normalized spacial score (nSPS) is 10.9. The molecule has 0 aliphatic heterocycles. The molecular formula is C10H12N6O4. The van der Waals surface area contributed by atoms with Crippen molar-refractivity contribution in [3.05, 3.63) is 23.8 Å². The lowest BCUT2D eigenvalue weighted by Gasteiger charge is -2.15. The van der Waals surface area contributed by atoms with E-state index in [1.165, 1.54) is 21.8 Å². The molecule has 0 amide bonds. The average molecular weight is 280 g/mol. The van der Waals surface area contributed by atoms with Crippen LogP contribution in [0.5, 0.6) is 0 Å². The molecule has 2 rings (SSSR count). The van der Waals surface area contributed by atoms with Gasteiger partial charge in [-0.05, 0) is 6.42 Å². The van der Waals surface area contributed by atoms with Gasteiger partial charge in [-0.1, -0.05) is 23.8 Å². The van der Waals surface area contributed by atoms with Gasteiger partial charge in [0.25, 0.3) is 0 Å². The van der Waals surface area contributed by atoms with E-state index < -0.39 is 18.1 Å². The largest absolute Gasteiger partial charge is 0.476 e. The maximum absolute atomic E-state index is 10.8. The van der Waals surface area contributed by atoms with Gasteiger partial charge in [0, 0.05) is 0 Å². The predicted molar refractivity (Wildman–Crippen MR) is 63.3 cm³/mol. The molecule has 0 radical (unpaired) electrons. The van der Waals surface area contributed by atoms with Crippen molar-refractivity contribution in [1.29, 1.82) is 0 Å². The van der Waals surface area contributed by atoms with Gasteiger partial charge in [-0.25, -0.2) is 19.0 Å². The van der Waals surface area contributed by atoms with Crippen LogP contribution in [-0.2, 0) is 0 Å². The van der Waals surface area contributed by atoms with Crippen molar-refractivity contribution in [2.45, 2.75) is 25.9 Å². The van der Waals surface area contributed by atoms with E-state index >= 15 is 0 Å². The van der Waals surface area contributed by atoms with Crippen LogP contribution in [0.25, 0.3) is 0 Å². The van der Waals surface area contributed by atoms with E-state index in [0.717, 1.165) is 6.42 Å². The Bertz CT molecular complexity index is 581. The third-order valence-corrected chi connectivity index (χ3v) is 2.62. The molecule has 106 valence electrons. The van der Waals surface area contributed by atoms with Crippen molar-refractivity contribution < 1.29 is 19.8 Å². The van der Waals surface area contributed by atoms with Crippen LogP contribution in [0.2, 0.25) is 0 Å². The molecule has 0 aliphatic carbocycles. The van der Waals surface area contributed by atoms with E-state index in [-0.39, 0.29) is 11.4 Å². The van der Waals surface area contributed by atoms with Gasteiger partial charge in [-0.2, -0.15) is 0 Å². The lowest BCUT2D eigenvalue weighted by Crippen LogP contribution is -2.19. The summed E-state index contributed by atoms with van der Waals surface area (Å²) in [7, 11) is 0. The Labute approximate surface area is 112 Å². The fourth-order valence-corrected chi connectivity index (χ4v) is 1.68. The molecule has 0 spiro atoms. The number of hydrogen-bond donors (Lipinski definition) is 2. The molecular weight excluding hydrogens is 268 g/mol. The van der Waals surface area contributed by atoms with Crippen LogP contribution in [0.15, 0.2) is 12.4 Å². The molecule has 2 N–H and O–H groups in total. The highest BCUT2D eigenvalue weighted by molar-refractivity contribution is 5.85. The average Bonchev–Trinajstić information content (AvgIpc) is 3.05. The first-order chi connectivity index (χ1) is 9.52. The van der Waals surface area contributed by atoms with Crippen molar-refractivity contribution >= 4 is 11.9 Å². The number of nitrogens with zero attached hydrogens (tertiary/aromatic N) is 6. The van der Waals surface area contributed by atoms with Crippen LogP contribution in [-0.4, -0.2) is 52.1 Å². The predicted octanol–water partition coefficient (Wildman–Crippen LogP) is 0.113. The fourth-order valence-electron chi connectivity index (χ4n) is 1.68. The van der Waals surface area contributed by atoms with Gasteiger partial charge in [-0.15, -0.1) is 10.2 Å². The molecule has 10 heteroatoms. The quantitative estimate of drug-likeness (QED) is 0.760. The minimum atomic E-state index is -1.18. The van der Waals surface area contributed by atoms with E-state index in [1.54, 1.807) is 0 Å². The zero-order valence-corrected chi connectivity index (χ0v) is 10.5. The van der Waals surface area contributed by atoms with Crippen molar-refractivity contribution in [2.24, 2.45) is 0 Å². The second kappa shape index (κ2) is 5.47. The molecule has 0 saturated heterocycles. The van der Waals surface area contributed by atoms with Gasteiger partial charge in [0.2, 0.25) is 0 Å². The van der Waals surface area contributed by atoms with Gasteiger partial charge < -0.3 is 10.2 Å². The van der Waals surface area contributed by atoms with Crippen molar-refractivity contribution in [1.82, 2.24) is 30.0 Å². The second-order valence-electron chi connectivity index (χ2n) is 4.05. The van der Waals surface area contributed by atoms with E-state index in [0.29, 0.717) is 6.42 Å². The lowest BCUT2D eigenvalue weighted by molar-refractivity contribution is 0.0679. The standard InChI is InChI=1S/C10H12N6O4/c1-2-3-8(15-4-6(9(17)18)11-13-15)16-5-7(10(19)20)12-14-16/h4-5,8H,2-3H2,1H3,(H,17,18)(H,19,20). The molecule has 0 aliphatic rings. The number of carboxylic acid groups (broad SMARTS) is 2. The first kappa shape index (κ1) is 13.6. The highest BCUT2D eigenvalue weighted by Gasteiger charge is 2.19. The van der Waals surface area contributed by atoms with Gasteiger partial charge >= 0.3 is 11.9 Å². The summed E-state index contributed by atoms with van der Waals surface area (Å²) < 4.78 is 2.65. The maximum Gasteiger partial charge on any atom is 0.358 e. The molecule has 2 aromatic heterocycles. The number of hydrogen-bond acceptors (Lipinski definition) is 6. The summed E-state index contributed by atoms with van der Waals surface area (Å²) in [6.45, 7) is 1.93. The summed E-state index contributed by atoms with van der Waals surface area (Å²) in [6, 6.07) is 0. The third-order valence-electron chi connectivity index (χ3n) is 2.62. The molecule has 2 heterocycles. The van der Waals surface area contributed by atoms with Crippen LogP contribution in [0.1, 0.15) is 46.9 Å². The first-order valence-corrected chi connectivity index (χ1v) is 5.83. The topological polar surface area (TPSA) is 136 Å². The summed E-state index contributed by atoms with van der Waals surface area (Å²) in [5.74, 6) is -2.37. The van der Waals surface area contributed by atoms with Crippen LogP contribution < -0.4 is 0 Å². The summed E-state index contributed by atoms with van der Waals surface area (Å²) in [6.07, 6.45) is 3.40. The van der Waals surface area contributed by atoms with Crippen molar-refractivity contribution in [2.75, 3.05) is 0 Å². The Morgan fingerprint density at radius 3 is 1.85 bits per heavy atom. The van der Waals surface area contributed by atoms with E-state index in [1.807, 2.05) is 6.92 Å². The molecule has 20 heavy (non-hydrogen) atoms. The van der Waals surface area contributed by atoms with Crippen LogP contribution in [0, 0.1) is 0 Å². The number of aromatic nitrogens is 6. The molecule has 0 saturated carbocycles. The van der Waals surface area contributed by atoms with E-state index in [4.69, 9.17) is 10.2 Å². The van der Waals surface area contributed by atoms with Gasteiger partial charge in [0.1, 0.15) is 6.17 Å². The minimum absolute atomic E-state index is 0.190. The van der Waals surface area contributed by atoms with Gasteiger partial charge in [0.05, 0.1) is 12.4 Å². The summed E-state index contributed by atoms with van der Waals surface area (Å²) in [4.78, 5) is 21.6. The van der Waals surface area contributed by atoms with Crippen LogP contribution >= 0.6 is 0 Å². The lowest BCUT2D eigenvalue weighted by atomic mass is 10.3. The fraction of sp³-hybridized carbons (Fsp3) is 0.400. The van der Waals surface area contributed by atoms with Gasteiger partial charge in [-0.3, -0.25) is 0 Å². The Kier molecular flexibility index (Phi) is 3.73. The second-order valence-corrected chi connectivity index (χ2v) is 4.05. The van der Waals surface area contributed by atoms with E-state index in [2.05, 4.69) is 20.6 Å². The van der Waals surface area contributed by atoms with E-state index in [9.17, 15) is 9.59 Å². The maximum atomic E-state index is 10.8. The summed E-state index contributed by atoms with van der Waals surface area (Å²) in [5.41, 5.74) is -0.380. The van der Waals surface area contributed by atoms with Gasteiger partial charge in [0.15, 0.2) is 11.4 Å². The molecule has 0 atom stereocenters. The Hall–Kier alpha value is -2.78. The summed E-state index contributed by atoms with van der Waals surface area (Å²) in [5, 5.41) is 32.2. The zero-order chi connectivity index (χ0) is 14.7. The first-order valence-electron chi connectivity index (χ1n) is 5.83. The minimum Gasteiger partial charge on any atom is -0.476 e. The molecule has 0 unspecified atom stereocenters. The Balaban J connectivity index is 2.33.